The fourth-order valence-electron chi connectivity index (χ4n) is 3.30. The number of imidazole rings is 1. The molecule has 3 aromatic heterocycles. The molecule has 3 heterocycles. The molecule has 0 spiro atoms. The van der Waals surface area contributed by atoms with E-state index < -0.39 is 17.3 Å². The molecule has 1 N–H and O–H groups in total. The highest BCUT2D eigenvalue weighted by atomic mass is 35.5. The number of carbonyl (C=O) groups is 1. The third-order valence-corrected chi connectivity index (χ3v) is 6.85. The highest BCUT2D eigenvalue weighted by molar-refractivity contribution is 7.19. The molecule has 14 heteroatoms. The summed E-state index contributed by atoms with van der Waals surface area (Å²) in [6.45, 7) is 5.62. The first kappa shape index (κ1) is 26.2. The molecular weight excluding hydrogens is 509 g/mol. The number of rotatable bonds is 8. The van der Waals surface area contributed by atoms with E-state index in [0.717, 1.165) is 21.0 Å². The summed E-state index contributed by atoms with van der Waals surface area (Å²) in [5.74, 6) is 0.612. The molecule has 11 nitrogen and oxygen atoms in total. The number of aliphatic hydroxyl groups is 1. The first-order valence-corrected chi connectivity index (χ1v) is 11.9. The van der Waals surface area contributed by atoms with Crippen molar-refractivity contribution in [2.75, 3.05) is 20.3 Å². The number of hydroxylamine groups is 2. The van der Waals surface area contributed by atoms with E-state index in [1.807, 2.05) is 13.8 Å². The van der Waals surface area contributed by atoms with Gasteiger partial charge in [-0.3, -0.25) is 18.8 Å². The number of amides is 1. The van der Waals surface area contributed by atoms with Crippen molar-refractivity contribution in [2.24, 2.45) is 13.0 Å². The molecule has 0 bridgehead atoms. The van der Waals surface area contributed by atoms with Gasteiger partial charge in [0.05, 0.1) is 24.6 Å². The molecule has 0 atom stereocenters. The predicted octanol–water partition coefficient (Wildman–Crippen LogP) is 2.63. The smallest absolute Gasteiger partial charge is 0.406 e. The monoisotopic (exact) mass is 533 g/mol. The van der Waals surface area contributed by atoms with Crippen LogP contribution in [0.15, 0.2) is 9.59 Å². The van der Waals surface area contributed by atoms with E-state index in [1.165, 1.54) is 18.7 Å². The van der Waals surface area contributed by atoms with Gasteiger partial charge in [0, 0.05) is 20.6 Å². The molecule has 3 rings (SSSR count). The van der Waals surface area contributed by atoms with Crippen LogP contribution < -0.4 is 16.0 Å². The Morgan fingerprint density at radius 1 is 1.26 bits per heavy atom. The van der Waals surface area contributed by atoms with Crippen molar-refractivity contribution < 1.29 is 19.5 Å². The number of thiophene rings is 1. The Morgan fingerprint density at radius 2 is 1.94 bits per heavy atom. The fraction of sp³-hybridized carbons (Fsp3) is 0.500. The van der Waals surface area contributed by atoms with Crippen LogP contribution in [-0.2, 0) is 25.0 Å². The quantitative estimate of drug-likeness (QED) is 0.441. The first-order valence-electron chi connectivity index (χ1n) is 10.3. The van der Waals surface area contributed by atoms with E-state index in [0.29, 0.717) is 22.1 Å². The lowest BCUT2D eigenvalue weighted by atomic mass is 10.2. The summed E-state index contributed by atoms with van der Waals surface area (Å²) in [7, 11) is 2.69. The topological polar surface area (TPSA) is 121 Å². The van der Waals surface area contributed by atoms with Crippen molar-refractivity contribution in [3.63, 3.8) is 0 Å². The zero-order chi connectivity index (χ0) is 25.3. The molecule has 3 aromatic rings. The van der Waals surface area contributed by atoms with Crippen LogP contribution in [0.3, 0.4) is 0 Å². The average Bonchev–Trinajstić information content (AvgIpc) is 3.25. The van der Waals surface area contributed by atoms with E-state index in [4.69, 9.17) is 37.9 Å². The Kier molecular flexibility index (Phi) is 8.09. The first-order chi connectivity index (χ1) is 16.0. The van der Waals surface area contributed by atoms with Gasteiger partial charge in [0.1, 0.15) is 21.2 Å². The molecule has 0 aliphatic heterocycles. The minimum atomic E-state index is -0.912. The summed E-state index contributed by atoms with van der Waals surface area (Å²) >= 11 is 13.5. The molecule has 1 amide bonds. The van der Waals surface area contributed by atoms with Gasteiger partial charge in [0.2, 0.25) is 0 Å². The normalized spacial score (nSPS) is 11.6. The number of aliphatic hydroxyl groups excluding tert-OH is 1. The standard InChI is InChI=1S/C20H25Cl2N5O6S/c1-10(2)8-27-18-13(17(29)24(4)19(27)30)14(33-20(31)25(5)32-7-6-28)12(34-18)9-26-11(3)23-15(21)16(26)22/h10,28H,6-9H2,1-5H3. The Bertz CT molecular complexity index is 1340. The Morgan fingerprint density at radius 3 is 2.50 bits per heavy atom. The Labute approximate surface area is 208 Å². The zero-order valence-corrected chi connectivity index (χ0v) is 21.6. The second kappa shape index (κ2) is 10.5. The molecular formula is C20H25Cl2N5O6S. The molecule has 0 aliphatic rings. The molecule has 34 heavy (non-hydrogen) atoms. The number of halogens is 2. The van der Waals surface area contributed by atoms with Crippen molar-refractivity contribution in [3.05, 3.63) is 41.8 Å². The van der Waals surface area contributed by atoms with Crippen LogP contribution in [0.25, 0.3) is 10.2 Å². The number of hydrogen-bond acceptors (Lipinski definition) is 8. The SMILES string of the molecule is Cc1nc(Cl)c(Cl)n1Cc1sc2c(c1OC(=O)N(C)OCCO)c(=O)n(C)c(=O)n2CC(C)C. The van der Waals surface area contributed by atoms with Crippen molar-refractivity contribution in [2.45, 2.75) is 33.9 Å². The van der Waals surface area contributed by atoms with Gasteiger partial charge >= 0.3 is 11.8 Å². The van der Waals surface area contributed by atoms with Gasteiger partial charge in [-0.05, 0) is 12.8 Å². The number of fused-ring (bicyclic) bond motifs is 1. The Hall–Kier alpha value is -2.38. The van der Waals surface area contributed by atoms with Gasteiger partial charge < -0.3 is 14.4 Å². The molecule has 0 radical (unpaired) electrons. The maximum absolute atomic E-state index is 13.2. The maximum atomic E-state index is 13.2. The van der Waals surface area contributed by atoms with Crippen LogP contribution in [0, 0.1) is 12.8 Å². The number of nitrogens with zero attached hydrogens (tertiary/aromatic N) is 5. The van der Waals surface area contributed by atoms with Gasteiger partial charge in [-0.1, -0.05) is 37.0 Å². The molecule has 0 aliphatic carbocycles. The van der Waals surface area contributed by atoms with E-state index in [2.05, 4.69) is 4.98 Å². The number of hydrogen-bond donors (Lipinski definition) is 1. The van der Waals surface area contributed by atoms with Crippen molar-refractivity contribution in [1.29, 1.82) is 0 Å². The third kappa shape index (κ3) is 5.01. The fourth-order valence-corrected chi connectivity index (χ4v) is 4.96. The van der Waals surface area contributed by atoms with Crippen molar-refractivity contribution >= 4 is 50.8 Å². The van der Waals surface area contributed by atoms with Gasteiger partial charge in [-0.25, -0.2) is 14.6 Å². The molecule has 0 fully saturated rings. The van der Waals surface area contributed by atoms with Crippen LogP contribution in [0.5, 0.6) is 5.75 Å². The van der Waals surface area contributed by atoms with Gasteiger partial charge in [-0.2, -0.15) is 5.06 Å². The zero-order valence-electron chi connectivity index (χ0n) is 19.3. The lowest BCUT2D eigenvalue weighted by molar-refractivity contribution is -0.118. The van der Waals surface area contributed by atoms with Gasteiger partial charge in [-0.15, -0.1) is 11.3 Å². The van der Waals surface area contributed by atoms with Crippen LogP contribution >= 0.6 is 34.5 Å². The lowest BCUT2D eigenvalue weighted by Gasteiger charge is -2.16. The summed E-state index contributed by atoms with van der Waals surface area (Å²) in [5, 5.41) is 10.1. The van der Waals surface area contributed by atoms with Crippen LogP contribution in [0.1, 0.15) is 24.5 Å². The average molecular weight is 534 g/mol. The summed E-state index contributed by atoms with van der Waals surface area (Å²) in [4.78, 5) is 48.8. The van der Waals surface area contributed by atoms with Crippen molar-refractivity contribution in [3.8, 4) is 5.75 Å². The summed E-state index contributed by atoms with van der Waals surface area (Å²) < 4.78 is 9.69. The number of ether oxygens (including phenoxy) is 1. The number of aromatic nitrogens is 4. The van der Waals surface area contributed by atoms with Gasteiger partial charge in [0.25, 0.3) is 5.56 Å². The van der Waals surface area contributed by atoms with Crippen LogP contribution in [-0.4, -0.2) is 55.2 Å². The summed E-state index contributed by atoms with van der Waals surface area (Å²) in [6.07, 6.45) is -0.912. The highest BCUT2D eigenvalue weighted by Gasteiger charge is 2.27. The predicted molar refractivity (Wildman–Crippen MR) is 129 cm³/mol. The van der Waals surface area contributed by atoms with E-state index in [-0.39, 0.29) is 47.1 Å². The lowest BCUT2D eigenvalue weighted by Crippen LogP contribution is -2.38. The third-order valence-electron chi connectivity index (χ3n) is 4.93. The maximum Gasteiger partial charge on any atom is 0.439 e. The molecule has 0 unspecified atom stereocenters. The summed E-state index contributed by atoms with van der Waals surface area (Å²) in [6, 6.07) is 0. The molecule has 0 saturated heterocycles. The van der Waals surface area contributed by atoms with Gasteiger partial charge in [0.15, 0.2) is 10.9 Å². The second-order valence-corrected chi connectivity index (χ2v) is 9.73. The van der Waals surface area contributed by atoms with E-state index in [1.54, 1.807) is 11.5 Å². The van der Waals surface area contributed by atoms with Crippen molar-refractivity contribution in [1.82, 2.24) is 23.7 Å². The van der Waals surface area contributed by atoms with Crippen LogP contribution in [0.4, 0.5) is 4.79 Å². The number of carbonyl (C=O) groups excluding carboxylic acids is 1. The minimum Gasteiger partial charge on any atom is -0.406 e. The molecule has 186 valence electrons. The highest BCUT2D eigenvalue weighted by Crippen LogP contribution is 2.38. The second-order valence-electron chi connectivity index (χ2n) is 7.93. The number of aryl methyl sites for hydroxylation is 1. The largest absolute Gasteiger partial charge is 0.439 e. The van der Waals surface area contributed by atoms with E-state index in [9.17, 15) is 14.4 Å². The van der Waals surface area contributed by atoms with Crippen LogP contribution in [0.2, 0.25) is 10.3 Å². The molecule has 0 aromatic carbocycles. The Balaban J connectivity index is 2.25. The minimum absolute atomic E-state index is 0.0113. The summed E-state index contributed by atoms with van der Waals surface area (Å²) in [5.41, 5.74) is -1.07. The van der Waals surface area contributed by atoms with E-state index >= 15 is 0 Å². The molecule has 0 saturated carbocycles.